The molecule has 0 saturated carbocycles. The summed E-state index contributed by atoms with van der Waals surface area (Å²) in [6.07, 6.45) is 0. The molecular formula is C114H89BN6. The van der Waals surface area contributed by atoms with Crippen LogP contribution in [0.2, 0.25) is 0 Å². The second kappa shape index (κ2) is 27.1. The third-order valence-electron chi connectivity index (χ3n) is 26.2. The molecule has 0 saturated heterocycles. The minimum absolute atomic E-state index is 0.0765. The third kappa shape index (κ3) is 11.4. The van der Waals surface area contributed by atoms with Gasteiger partial charge >= 0.3 is 0 Å². The lowest BCUT2D eigenvalue weighted by atomic mass is 9.33. The molecule has 7 heteroatoms. The zero-order chi connectivity index (χ0) is 81.5. The van der Waals surface area contributed by atoms with E-state index in [1.165, 1.54) is 87.6 Å². The van der Waals surface area contributed by atoms with Crippen LogP contribution in [-0.2, 0) is 16.2 Å². The molecule has 121 heavy (non-hydrogen) atoms. The van der Waals surface area contributed by atoms with Crippen molar-refractivity contribution in [3.63, 3.8) is 0 Å². The van der Waals surface area contributed by atoms with Crippen molar-refractivity contribution < 1.29 is 0 Å². The summed E-state index contributed by atoms with van der Waals surface area (Å²) >= 11 is 0. The Morgan fingerprint density at radius 2 is 0.488 bits per heavy atom. The van der Waals surface area contributed by atoms with E-state index in [2.05, 4.69) is 466 Å². The van der Waals surface area contributed by atoms with E-state index >= 15 is 0 Å². The number of hydrogen-bond donors (Lipinski definition) is 0. The van der Waals surface area contributed by atoms with Gasteiger partial charge in [0.2, 0.25) is 0 Å². The number of benzene rings is 17. The molecule has 578 valence electrons. The van der Waals surface area contributed by atoms with Crippen molar-refractivity contribution in [1.82, 2.24) is 18.3 Å². The van der Waals surface area contributed by atoms with E-state index in [9.17, 15) is 0 Å². The number of nitrogens with zero attached hydrogens (tertiary/aromatic N) is 6. The van der Waals surface area contributed by atoms with Gasteiger partial charge in [-0.05, 0) is 227 Å². The molecule has 4 aromatic heterocycles. The summed E-state index contributed by atoms with van der Waals surface area (Å²) in [6, 6.07) is 144. The molecule has 6 heterocycles. The highest BCUT2D eigenvalue weighted by atomic mass is 15.2. The Morgan fingerprint density at radius 1 is 0.190 bits per heavy atom. The summed E-state index contributed by atoms with van der Waals surface area (Å²) < 4.78 is 10.2. The van der Waals surface area contributed by atoms with Crippen LogP contribution in [0, 0.1) is 0 Å². The predicted molar refractivity (Wildman–Crippen MR) is 516 cm³/mol. The Balaban J connectivity index is 0.906. The van der Waals surface area contributed by atoms with Crippen LogP contribution in [0.1, 0.15) is 79.0 Å². The molecule has 0 aliphatic carbocycles. The Morgan fingerprint density at radius 3 is 0.826 bits per heavy atom. The number of anilines is 6. The maximum Gasteiger partial charge on any atom is 0.252 e. The number of fused-ring (bicyclic) bond motifs is 16. The minimum atomic E-state index is -0.397. The van der Waals surface area contributed by atoms with Gasteiger partial charge < -0.3 is 28.1 Å². The van der Waals surface area contributed by atoms with Gasteiger partial charge in [0, 0.05) is 88.6 Å². The monoisotopic (exact) mass is 1550 g/mol. The average molecular weight is 1550 g/mol. The molecule has 21 aromatic rings. The summed E-state index contributed by atoms with van der Waals surface area (Å²) in [5.74, 6) is 0. The molecule has 0 unspecified atom stereocenters. The lowest BCUT2D eigenvalue weighted by molar-refractivity contribution is 0.590. The van der Waals surface area contributed by atoms with Crippen LogP contribution in [0.4, 0.5) is 34.1 Å². The molecule has 6 nitrogen and oxygen atoms in total. The second-order valence-electron chi connectivity index (χ2n) is 36.5. The van der Waals surface area contributed by atoms with Crippen LogP contribution in [0.15, 0.2) is 376 Å². The SMILES string of the molecule is CC(C)(C)c1ccc(-n2c3ccc(-c4ccccc4)cc3c3cc(-c4ccccc4)cc(N4c5cc(-n6c7ccccc7c7ccccc76)ccc5B5c6ccc(-n7c8ccccc8c8ccccc87)cc6N(c6cc(-c7ccccc7)cc7c8cc(-c9ccccc9)ccc8n(-c8ccc(C(C)(C)C)cc8)c67)c6cc(C(C)(C)C)cc4c65)c32)cc1. The van der Waals surface area contributed by atoms with Crippen LogP contribution in [0.3, 0.4) is 0 Å². The second-order valence-corrected chi connectivity index (χ2v) is 36.5. The summed E-state index contributed by atoms with van der Waals surface area (Å²) in [7, 11) is 0. The molecule has 0 atom stereocenters. The van der Waals surface area contributed by atoms with Gasteiger partial charge in [0.1, 0.15) is 0 Å². The number of aromatic nitrogens is 4. The fourth-order valence-electron chi connectivity index (χ4n) is 20.2. The van der Waals surface area contributed by atoms with E-state index in [4.69, 9.17) is 0 Å². The molecule has 0 N–H and O–H groups in total. The molecule has 17 aromatic carbocycles. The van der Waals surface area contributed by atoms with Gasteiger partial charge in [-0.3, -0.25) is 0 Å². The molecule has 0 amide bonds. The molecule has 0 bridgehead atoms. The minimum Gasteiger partial charge on any atom is -0.309 e. The van der Waals surface area contributed by atoms with E-state index in [0.29, 0.717) is 0 Å². The molecule has 0 spiro atoms. The maximum absolute atomic E-state index is 2.74. The van der Waals surface area contributed by atoms with E-state index in [1.807, 2.05) is 0 Å². The molecule has 2 aliphatic heterocycles. The standard InChI is InChI=1S/C114H89BN6/c1-112(2,3)80-48-52-83(53-49-80)118-101-60-46-76(72-30-14-10-15-31-72)62-91(101)93-64-78(74-34-18-12-19-35-74)66-107(110(93)118)120-103-70-85(116-97-42-26-22-38-87(97)88-39-23-27-43-98(88)116)56-58-95(103)115-96-59-57-86(117-99-44-28-24-40-89(99)90-41-25-29-45-100(90)117)71-104(96)121(106-69-82(114(7,8)9)68-105(120)109(106)115)108-67-79(75-36-20-13-21-37-75)65-94-92-63-77(73-32-16-11-17-33-73)47-61-102(92)119(111(94)108)84-54-50-81(51-55-84)113(4,5)6/h10-71H,1-9H3. The van der Waals surface area contributed by atoms with Crippen molar-refractivity contribution in [2.75, 3.05) is 9.80 Å². The fraction of sp³-hybridized carbons (Fsp3) is 0.105. The lowest BCUT2D eigenvalue weighted by Crippen LogP contribution is -2.61. The van der Waals surface area contributed by atoms with Crippen LogP contribution >= 0.6 is 0 Å². The molecule has 2 aliphatic rings. The Labute approximate surface area is 706 Å². The Hall–Kier alpha value is -14.4. The summed E-state index contributed by atoms with van der Waals surface area (Å²) in [6.45, 7) is 20.8. The van der Waals surface area contributed by atoms with E-state index in [1.54, 1.807) is 0 Å². The predicted octanol–water partition coefficient (Wildman–Crippen LogP) is 28.7. The molecule has 0 radical (unpaired) electrons. The van der Waals surface area contributed by atoms with Gasteiger partial charge in [-0.2, -0.15) is 0 Å². The van der Waals surface area contributed by atoms with Gasteiger partial charge in [0.05, 0.1) is 55.5 Å². The first-order valence-corrected chi connectivity index (χ1v) is 42.7. The summed E-state index contributed by atoms with van der Waals surface area (Å²) in [5, 5.41) is 9.55. The van der Waals surface area contributed by atoms with Crippen molar-refractivity contribution >= 4 is 144 Å². The highest BCUT2D eigenvalue weighted by Gasteiger charge is 2.46. The topological polar surface area (TPSA) is 26.2 Å². The first-order chi connectivity index (χ1) is 58.9. The van der Waals surface area contributed by atoms with Crippen molar-refractivity contribution in [1.29, 1.82) is 0 Å². The first kappa shape index (κ1) is 71.9. The first-order valence-electron chi connectivity index (χ1n) is 42.7. The Kier molecular flexibility index (Phi) is 16.1. The van der Waals surface area contributed by atoms with Crippen LogP contribution in [0.5, 0.6) is 0 Å². The third-order valence-corrected chi connectivity index (χ3v) is 26.2. The molecule has 23 rings (SSSR count). The van der Waals surface area contributed by atoms with Gasteiger partial charge in [-0.1, -0.05) is 305 Å². The molecule has 0 fully saturated rings. The van der Waals surface area contributed by atoms with Crippen LogP contribution in [-0.4, -0.2) is 25.0 Å². The highest BCUT2D eigenvalue weighted by Crippen LogP contribution is 2.55. The van der Waals surface area contributed by atoms with Gasteiger partial charge in [-0.25, -0.2) is 0 Å². The highest BCUT2D eigenvalue weighted by molar-refractivity contribution is 7.00. The molecular weight excluding hydrogens is 1460 g/mol. The maximum atomic E-state index is 2.74. The van der Waals surface area contributed by atoms with E-state index in [0.717, 1.165) is 134 Å². The van der Waals surface area contributed by atoms with Crippen molar-refractivity contribution in [3.8, 4) is 67.3 Å². The summed E-state index contributed by atoms with van der Waals surface area (Å²) in [4.78, 5) is 5.49. The quantitative estimate of drug-likeness (QED) is 0.128. The number of hydrogen-bond acceptors (Lipinski definition) is 2. The number of para-hydroxylation sites is 4. The summed E-state index contributed by atoms with van der Waals surface area (Å²) in [5.41, 5.74) is 36.1. The van der Waals surface area contributed by atoms with Crippen molar-refractivity contribution in [3.05, 3.63) is 393 Å². The van der Waals surface area contributed by atoms with Gasteiger partial charge in [-0.15, -0.1) is 0 Å². The smallest absolute Gasteiger partial charge is 0.252 e. The van der Waals surface area contributed by atoms with Crippen LogP contribution < -0.4 is 26.2 Å². The van der Waals surface area contributed by atoms with Crippen molar-refractivity contribution in [2.24, 2.45) is 0 Å². The normalized spacial score (nSPS) is 13.0. The average Bonchev–Trinajstić information content (AvgIpc) is 1.64. The van der Waals surface area contributed by atoms with E-state index < -0.39 is 5.41 Å². The van der Waals surface area contributed by atoms with Gasteiger partial charge in [0.25, 0.3) is 6.71 Å². The van der Waals surface area contributed by atoms with Crippen LogP contribution in [0.25, 0.3) is 154 Å². The van der Waals surface area contributed by atoms with E-state index in [-0.39, 0.29) is 17.5 Å². The lowest BCUT2D eigenvalue weighted by Gasteiger charge is -2.45. The van der Waals surface area contributed by atoms with Crippen molar-refractivity contribution in [2.45, 2.75) is 78.6 Å². The van der Waals surface area contributed by atoms with Gasteiger partial charge in [0.15, 0.2) is 0 Å². The number of rotatable bonds is 10. The fourth-order valence-corrected chi connectivity index (χ4v) is 20.2. The largest absolute Gasteiger partial charge is 0.309 e. The Bertz CT molecular complexity index is 7240. The zero-order valence-electron chi connectivity index (χ0n) is 69.6. The zero-order valence-corrected chi connectivity index (χ0v) is 69.6.